The monoisotopic (exact) mass is 677 g/mol. The maximum atomic E-state index is 14.0. The Kier molecular flexibility index (Phi) is 9.08. The number of fused-ring (bicyclic) bond motifs is 1. The molecule has 0 bridgehead atoms. The number of rotatable bonds is 5. The first kappa shape index (κ1) is 35.2. The Balaban J connectivity index is 1.35. The molecule has 262 valence electrons. The van der Waals surface area contributed by atoms with Gasteiger partial charge in [0.15, 0.2) is 11.5 Å². The predicted octanol–water partition coefficient (Wildman–Crippen LogP) is 5.61. The number of ketones is 1. The van der Waals surface area contributed by atoms with Crippen molar-refractivity contribution in [3.8, 4) is 5.69 Å². The zero-order valence-electron chi connectivity index (χ0n) is 27.9. The van der Waals surface area contributed by atoms with E-state index < -0.39 is 52.3 Å². The Morgan fingerprint density at radius 3 is 2.23 bits per heavy atom. The van der Waals surface area contributed by atoms with Crippen molar-refractivity contribution in [3.05, 3.63) is 40.7 Å². The van der Waals surface area contributed by atoms with Crippen LogP contribution >= 0.6 is 0 Å². The van der Waals surface area contributed by atoms with Gasteiger partial charge < -0.3 is 20.9 Å². The van der Waals surface area contributed by atoms with Gasteiger partial charge in [-0.15, -0.1) is 0 Å². The zero-order valence-corrected chi connectivity index (χ0v) is 27.9. The molecule has 12 nitrogen and oxygen atoms in total. The lowest BCUT2D eigenvalue weighted by Gasteiger charge is -2.47. The number of nitrogens with one attached hydrogen (secondary N) is 1. The Morgan fingerprint density at radius 1 is 1.06 bits per heavy atom. The topological polar surface area (TPSA) is 157 Å². The van der Waals surface area contributed by atoms with Crippen LogP contribution in [0.3, 0.4) is 0 Å². The van der Waals surface area contributed by atoms with Gasteiger partial charge in [0.05, 0.1) is 41.6 Å². The van der Waals surface area contributed by atoms with Gasteiger partial charge in [0.2, 0.25) is 0 Å². The maximum Gasteiger partial charge on any atom is 0.513 e. The number of hydrogen-bond acceptors (Lipinski definition) is 7. The summed E-state index contributed by atoms with van der Waals surface area (Å²) in [6.45, 7) is 9.96. The van der Waals surface area contributed by atoms with E-state index in [0.717, 1.165) is 4.68 Å². The Labute approximate surface area is 277 Å². The number of alkyl halides is 3. The molecule has 1 saturated carbocycles. The number of carboxylic acid groups (broad SMARTS) is 1. The van der Waals surface area contributed by atoms with E-state index in [1.165, 1.54) is 18.2 Å². The quantitative estimate of drug-likeness (QED) is 0.345. The largest absolute Gasteiger partial charge is 0.513 e. The third-order valence-corrected chi connectivity index (χ3v) is 9.65. The molecule has 15 heteroatoms. The Bertz CT molecular complexity index is 1610. The minimum Gasteiger partial charge on any atom is -0.444 e. The van der Waals surface area contributed by atoms with Crippen molar-refractivity contribution < 1.29 is 46.7 Å². The highest BCUT2D eigenvalue weighted by atomic mass is 19.4. The number of quaternary nitrogens is 1. The molecular formula is C33H44F3N6O6+. The molecule has 1 aromatic carbocycles. The molecule has 2 aliphatic carbocycles. The molecule has 2 fully saturated rings. The first-order valence-corrected chi connectivity index (χ1v) is 16.2. The van der Waals surface area contributed by atoms with E-state index in [0.29, 0.717) is 31.4 Å². The van der Waals surface area contributed by atoms with Crippen molar-refractivity contribution in [2.24, 2.45) is 11.1 Å². The summed E-state index contributed by atoms with van der Waals surface area (Å²) in [5, 5.41) is 17.6. The molecule has 5 rings (SSSR count). The highest BCUT2D eigenvalue weighted by Crippen LogP contribution is 2.42. The number of primary amides is 1. The predicted molar refractivity (Wildman–Crippen MR) is 169 cm³/mol. The summed E-state index contributed by atoms with van der Waals surface area (Å²) in [5.74, 6) is -1.34. The second-order valence-electron chi connectivity index (χ2n) is 15.0. The molecular weight excluding hydrogens is 633 g/mol. The van der Waals surface area contributed by atoms with E-state index in [1.807, 2.05) is 13.8 Å². The molecule has 0 unspecified atom stereocenters. The normalized spacial score (nSPS) is 22.5. The van der Waals surface area contributed by atoms with Gasteiger partial charge in [-0.1, -0.05) is 13.8 Å². The van der Waals surface area contributed by atoms with E-state index in [4.69, 9.17) is 10.5 Å². The highest BCUT2D eigenvalue weighted by Gasteiger charge is 2.49. The molecule has 3 amide bonds. The maximum absolute atomic E-state index is 14.0. The van der Waals surface area contributed by atoms with Crippen LogP contribution in [0, 0.1) is 5.41 Å². The summed E-state index contributed by atoms with van der Waals surface area (Å²) in [6.07, 6.45) is -3.84. The van der Waals surface area contributed by atoms with Crippen LogP contribution in [0.4, 0.5) is 28.4 Å². The number of aromatic nitrogens is 2. The number of nitrogens with zero attached hydrogens (tertiary/aromatic N) is 4. The lowest BCUT2D eigenvalue weighted by atomic mass is 9.75. The molecule has 0 atom stereocenters. The minimum absolute atomic E-state index is 0.0330. The van der Waals surface area contributed by atoms with Crippen molar-refractivity contribution in [2.75, 3.05) is 31.5 Å². The van der Waals surface area contributed by atoms with Gasteiger partial charge in [-0.2, -0.15) is 23.1 Å². The molecule has 3 aliphatic rings. The van der Waals surface area contributed by atoms with E-state index in [2.05, 4.69) is 10.4 Å². The van der Waals surface area contributed by atoms with Gasteiger partial charge in [-0.05, 0) is 63.6 Å². The van der Waals surface area contributed by atoms with E-state index in [1.54, 1.807) is 25.7 Å². The highest BCUT2D eigenvalue weighted by molar-refractivity contribution is 6.00. The van der Waals surface area contributed by atoms with E-state index in [-0.39, 0.29) is 72.5 Å². The van der Waals surface area contributed by atoms with Crippen LogP contribution in [0.15, 0.2) is 18.2 Å². The molecule has 1 aliphatic heterocycles. The second-order valence-corrected chi connectivity index (χ2v) is 15.0. The molecule has 48 heavy (non-hydrogen) atoms. The third-order valence-electron chi connectivity index (χ3n) is 9.65. The van der Waals surface area contributed by atoms with Crippen LogP contribution < -0.4 is 11.1 Å². The van der Waals surface area contributed by atoms with Gasteiger partial charge >= 0.3 is 18.4 Å². The third kappa shape index (κ3) is 7.01. The number of ether oxygens (including phenoxy) is 1. The van der Waals surface area contributed by atoms with E-state index in [9.17, 15) is 37.5 Å². The number of nitrogens with two attached hydrogens (primary N) is 1. The average Bonchev–Trinajstić information content (AvgIpc) is 3.36. The molecule has 4 N–H and O–H groups in total. The first-order chi connectivity index (χ1) is 22.2. The van der Waals surface area contributed by atoms with Crippen LogP contribution in [0.1, 0.15) is 98.8 Å². The fourth-order valence-corrected chi connectivity index (χ4v) is 7.34. The molecule has 2 heterocycles. The van der Waals surface area contributed by atoms with Crippen molar-refractivity contribution in [2.45, 2.75) is 97.0 Å². The second kappa shape index (κ2) is 12.4. The number of hydrogen-bond donors (Lipinski definition) is 3. The summed E-state index contributed by atoms with van der Waals surface area (Å²) >= 11 is 0. The molecule has 1 aromatic heterocycles. The summed E-state index contributed by atoms with van der Waals surface area (Å²) in [7, 11) is 0. The number of Topliss-reactive ketones (excluding diaryl/α,β-unsaturated/α-hetero) is 1. The number of anilines is 1. The van der Waals surface area contributed by atoms with Crippen LogP contribution in [0.2, 0.25) is 0 Å². The Morgan fingerprint density at radius 2 is 1.69 bits per heavy atom. The molecule has 0 spiro atoms. The average molecular weight is 678 g/mol. The molecule has 2 aromatic rings. The zero-order chi connectivity index (χ0) is 35.4. The number of amides is 3. The number of carbonyl (C=O) groups excluding carboxylic acids is 3. The smallest absolute Gasteiger partial charge is 0.444 e. The number of carbonyl (C=O) groups is 4. The van der Waals surface area contributed by atoms with Crippen molar-refractivity contribution in [1.29, 1.82) is 0 Å². The fraction of sp³-hybridized carbons (Fsp3) is 0.606. The first-order valence-electron chi connectivity index (χ1n) is 16.2. The van der Waals surface area contributed by atoms with Gasteiger partial charge in [0.25, 0.3) is 5.91 Å². The lowest BCUT2D eigenvalue weighted by Crippen LogP contribution is -2.67. The van der Waals surface area contributed by atoms with Crippen LogP contribution in [-0.2, 0) is 17.3 Å². The summed E-state index contributed by atoms with van der Waals surface area (Å²) < 4.78 is 48.5. The van der Waals surface area contributed by atoms with Crippen LogP contribution in [0.5, 0.6) is 0 Å². The van der Waals surface area contributed by atoms with Gasteiger partial charge in [-0.3, -0.25) is 14.5 Å². The minimum atomic E-state index is -4.84. The summed E-state index contributed by atoms with van der Waals surface area (Å²) in [4.78, 5) is 52.1. The van der Waals surface area contributed by atoms with Crippen molar-refractivity contribution in [3.63, 3.8) is 0 Å². The van der Waals surface area contributed by atoms with Gasteiger partial charge in [-0.25, -0.2) is 14.0 Å². The fourth-order valence-electron chi connectivity index (χ4n) is 7.34. The van der Waals surface area contributed by atoms with Crippen molar-refractivity contribution >= 4 is 29.6 Å². The van der Waals surface area contributed by atoms with Crippen LogP contribution in [0.25, 0.3) is 5.69 Å². The standard InChI is InChI=1S/C33H43F3N6O6/c1-31(2,3)48-29(45)40-12-14-42(15-13-40,30(46)47)21-9-6-19(7-10-21)38-23-16-20(8-11-22(23)28(37)44)41-24-17-32(4,5)18-25(43)26(24)27(39-41)33(34,35)36/h8,11,16,19,21H,6-7,9-10,12-15,17-18H2,1-5H3,(H3-,37,38,44,46,47)/p+1/t19-,21-. The van der Waals surface area contributed by atoms with Crippen LogP contribution in [-0.4, -0.2) is 92.0 Å². The Hall–Kier alpha value is -4.14. The number of benzene rings is 1. The SMILES string of the molecule is CC1(C)CC(=O)c2c(C(F)(F)F)nn(-c3ccc(C(N)=O)c(N[C@H]4CC[C@H]([N+]5(C(=O)O)CCN(C(=O)OC(C)(C)C)CC5)CC4)c3)c2C1. The van der Waals surface area contributed by atoms with Gasteiger partial charge in [0.1, 0.15) is 18.7 Å². The lowest BCUT2D eigenvalue weighted by molar-refractivity contribution is -0.887. The van der Waals surface area contributed by atoms with E-state index >= 15 is 0 Å². The molecule has 0 radical (unpaired) electrons. The number of halogens is 3. The molecule has 1 saturated heterocycles. The number of piperazine rings is 1. The van der Waals surface area contributed by atoms with Crippen molar-refractivity contribution in [1.82, 2.24) is 14.7 Å². The summed E-state index contributed by atoms with van der Waals surface area (Å²) in [6, 6.07) is 4.04. The summed E-state index contributed by atoms with van der Waals surface area (Å²) in [5.41, 5.74) is 3.65. The van der Waals surface area contributed by atoms with Gasteiger partial charge in [0, 0.05) is 31.0 Å².